The Bertz CT molecular complexity index is 1330. The standard InChI is InChI=1S/C24H27N7O2S/c1-4-30(5-2)24-17-23(26-18(3)27-24)28-19-7-9-20(10-8-19)29-34(32,33)22-13-11-21(12-14-22)31-16-6-15-25-31/h6-17,29H,4-5H2,1-3H3,(H,26,27,28). The van der Waals surface area contributed by atoms with Gasteiger partial charge < -0.3 is 10.2 Å². The van der Waals surface area contributed by atoms with Crippen LogP contribution in [0.5, 0.6) is 0 Å². The molecule has 176 valence electrons. The van der Waals surface area contributed by atoms with Crippen molar-refractivity contribution in [3.8, 4) is 5.69 Å². The SMILES string of the molecule is CCN(CC)c1cc(Nc2ccc(NS(=O)(=O)c3ccc(-n4cccn4)cc3)cc2)nc(C)n1. The predicted molar refractivity (Wildman–Crippen MR) is 134 cm³/mol. The number of hydrogen-bond acceptors (Lipinski definition) is 7. The number of hydrogen-bond donors (Lipinski definition) is 2. The Morgan fingerprint density at radius 3 is 2.24 bits per heavy atom. The average molecular weight is 478 g/mol. The highest BCUT2D eigenvalue weighted by atomic mass is 32.2. The van der Waals surface area contributed by atoms with Crippen molar-refractivity contribution >= 4 is 33.0 Å². The smallest absolute Gasteiger partial charge is 0.261 e. The maximum atomic E-state index is 12.8. The topological polar surface area (TPSA) is 105 Å². The quantitative estimate of drug-likeness (QED) is 0.369. The minimum absolute atomic E-state index is 0.172. The van der Waals surface area contributed by atoms with Gasteiger partial charge in [0.1, 0.15) is 17.5 Å². The molecule has 0 saturated carbocycles. The van der Waals surface area contributed by atoms with E-state index >= 15 is 0 Å². The van der Waals surface area contributed by atoms with Gasteiger partial charge in [0.05, 0.1) is 10.6 Å². The molecule has 0 aliphatic carbocycles. The highest BCUT2D eigenvalue weighted by Crippen LogP contribution is 2.23. The van der Waals surface area contributed by atoms with E-state index in [2.05, 4.69) is 43.9 Å². The van der Waals surface area contributed by atoms with Crippen LogP contribution in [-0.4, -0.2) is 41.3 Å². The van der Waals surface area contributed by atoms with Crippen LogP contribution in [0.1, 0.15) is 19.7 Å². The van der Waals surface area contributed by atoms with E-state index in [-0.39, 0.29) is 4.90 Å². The third kappa shape index (κ3) is 5.34. The largest absolute Gasteiger partial charge is 0.357 e. The zero-order valence-corrected chi connectivity index (χ0v) is 20.1. The number of anilines is 4. The number of nitrogens with zero attached hydrogens (tertiary/aromatic N) is 5. The van der Waals surface area contributed by atoms with Gasteiger partial charge in [-0.2, -0.15) is 5.10 Å². The molecule has 4 aromatic rings. The lowest BCUT2D eigenvalue weighted by atomic mass is 10.3. The predicted octanol–water partition coefficient (Wildman–Crippen LogP) is 4.36. The molecule has 0 amide bonds. The molecular weight excluding hydrogens is 450 g/mol. The number of nitrogens with one attached hydrogen (secondary N) is 2. The summed E-state index contributed by atoms with van der Waals surface area (Å²) in [5, 5.41) is 7.41. The molecule has 2 N–H and O–H groups in total. The van der Waals surface area contributed by atoms with Crippen molar-refractivity contribution < 1.29 is 8.42 Å². The number of sulfonamides is 1. The van der Waals surface area contributed by atoms with Gasteiger partial charge in [-0.1, -0.05) is 0 Å². The summed E-state index contributed by atoms with van der Waals surface area (Å²) in [4.78, 5) is 11.3. The Balaban J connectivity index is 1.46. The molecule has 2 aromatic carbocycles. The summed E-state index contributed by atoms with van der Waals surface area (Å²) in [6, 6.07) is 17.3. The second kappa shape index (κ2) is 9.92. The summed E-state index contributed by atoms with van der Waals surface area (Å²) in [6.45, 7) is 7.74. The van der Waals surface area contributed by atoms with Crippen molar-refractivity contribution in [2.24, 2.45) is 0 Å². The summed E-state index contributed by atoms with van der Waals surface area (Å²) >= 11 is 0. The van der Waals surface area contributed by atoms with E-state index in [9.17, 15) is 8.42 Å². The van der Waals surface area contributed by atoms with E-state index in [4.69, 9.17) is 0 Å². The van der Waals surface area contributed by atoms with E-state index in [1.165, 1.54) is 0 Å². The van der Waals surface area contributed by atoms with Gasteiger partial charge in [-0.25, -0.2) is 23.1 Å². The molecule has 0 spiro atoms. The van der Waals surface area contributed by atoms with E-state index in [0.717, 1.165) is 30.3 Å². The first-order valence-electron chi connectivity index (χ1n) is 11.0. The minimum Gasteiger partial charge on any atom is -0.357 e. The average Bonchev–Trinajstić information content (AvgIpc) is 3.36. The van der Waals surface area contributed by atoms with Gasteiger partial charge >= 0.3 is 0 Å². The van der Waals surface area contributed by atoms with Crippen LogP contribution in [0.2, 0.25) is 0 Å². The third-order valence-corrected chi connectivity index (χ3v) is 6.63. The lowest BCUT2D eigenvalue weighted by Gasteiger charge is -2.20. The molecule has 0 unspecified atom stereocenters. The molecule has 4 rings (SSSR count). The summed E-state index contributed by atoms with van der Waals surface area (Å²) < 4.78 is 29.9. The van der Waals surface area contributed by atoms with Crippen LogP contribution in [0.15, 0.2) is 78.0 Å². The van der Waals surface area contributed by atoms with E-state index in [1.807, 2.05) is 13.0 Å². The molecule has 0 aliphatic rings. The zero-order chi connectivity index (χ0) is 24.1. The van der Waals surface area contributed by atoms with Gasteiger partial charge in [0.2, 0.25) is 0 Å². The van der Waals surface area contributed by atoms with Crippen LogP contribution in [0.25, 0.3) is 5.69 Å². The molecule has 0 fully saturated rings. The van der Waals surface area contributed by atoms with Crippen molar-refractivity contribution in [3.63, 3.8) is 0 Å². The summed E-state index contributed by atoms with van der Waals surface area (Å²) in [5.41, 5.74) is 2.03. The van der Waals surface area contributed by atoms with Gasteiger partial charge in [-0.05, 0) is 75.4 Å². The second-order valence-electron chi connectivity index (χ2n) is 7.58. The van der Waals surface area contributed by atoms with E-state index in [0.29, 0.717) is 17.3 Å². The van der Waals surface area contributed by atoms with Crippen LogP contribution in [0.4, 0.5) is 23.0 Å². The van der Waals surface area contributed by atoms with E-state index < -0.39 is 10.0 Å². The van der Waals surface area contributed by atoms with Gasteiger partial charge in [0, 0.05) is 42.9 Å². The van der Waals surface area contributed by atoms with Crippen LogP contribution in [0, 0.1) is 6.92 Å². The Kier molecular flexibility index (Phi) is 6.78. The Morgan fingerprint density at radius 2 is 1.62 bits per heavy atom. The fraction of sp³-hybridized carbons (Fsp3) is 0.208. The molecule has 0 atom stereocenters. The fourth-order valence-corrected chi connectivity index (χ4v) is 4.57. The highest BCUT2D eigenvalue weighted by molar-refractivity contribution is 7.92. The molecular formula is C24H27N7O2S. The number of benzene rings is 2. The first-order valence-corrected chi connectivity index (χ1v) is 12.5. The van der Waals surface area contributed by atoms with Crippen molar-refractivity contribution in [2.45, 2.75) is 25.7 Å². The van der Waals surface area contributed by atoms with E-state index in [1.54, 1.807) is 71.7 Å². The lowest BCUT2D eigenvalue weighted by Crippen LogP contribution is -2.23. The second-order valence-corrected chi connectivity index (χ2v) is 9.27. The molecule has 0 radical (unpaired) electrons. The highest BCUT2D eigenvalue weighted by Gasteiger charge is 2.14. The van der Waals surface area contributed by atoms with Crippen molar-refractivity contribution in [1.29, 1.82) is 0 Å². The maximum Gasteiger partial charge on any atom is 0.261 e. The van der Waals surface area contributed by atoms with Crippen LogP contribution in [0.3, 0.4) is 0 Å². The molecule has 10 heteroatoms. The first kappa shape index (κ1) is 23.2. The fourth-order valence-electron chi connectivity index (χ4n) is 3.51. The Morgan fingerprint density at radius 1 is 0.941 bits per heavy atom. The normalized spacial score (nSPS) is 11.3. The number of aromatic nitrogens is 4. The summed E-state index contributed by atoms with van der Waals surface area (Å²) in [7, 11) is -3.72. The molecule has 9 nitrogen and oxygen atoms in total. The molecule has 2 aromatic heterocycles. The Hall–Kier alpha value is -3.92. The van der Waals surface area contributed by atoms with Crippen molar-refractivity contribution in [3.05, 3.63) is 78.9 Å². The third-order valence-electron chi connectivity index (χ3n) is 5.24. The number of aryl methyl sites for hydroxylation is 1. The van der Waals surface area contributed by atoms with Crippen molar-refractivity contribution in [2.75, 3.05) is 28.0 Å². The van der Waals surface area contributed by atoms with Gasteiger partial charge in [-0.15, -0.1) is 0 Å². The summed E-state index contributed by atoms with van der Waals surface area (Å²) in [6.07, 6.45) is 3.46. The van der Waals surface area contributed by atoms with Crippen LogP contribution >= 0.6 is 0 Å². The van der Waals surface area contributed by atoms with Gasteiger partial charge in [0.25, 0.3) is 10.0 Å². The monoisotopic (exact) mass is 477 g/mol. The molecule has 2 heterocycles. The van der Waals surface area contributed by atoms with Crippen LogP contribution < -0.4 is 14.9 Å². The summed E-state index contributed by atoms with van der Waals surface area (Å²) in [5.74, 6) is 2.22. The minimum atomic E-state index is -3.72. The molecule has 0 aliphatic heterocycles. The van der Waals surface area contributed by atoms with Crippen molar-refractivity contribution in [1.82, 2.24) is 19.7 Å². The van der Waals surface area contributed by atoms with Gasteiger partial charge in [-0.3, -0.25) is 4.72 Å². The molecule has 0 bridgehead atoms. The van der Waals surface area contributed by atoms with Crippen LogP contribution in [-0.2, 0) is 10.0 Å². The first-order chi connectivity index (χ1) is 16.4. The zero-order valence-electron chi connectivity index (χ0n) is 19.3. The number of rotatable bonds is 9. The Labute approximate surface area is 199 Å². The lowest BCUT2D eigenvalue weighted by molar-refractivity contribution is 0.601. The van der Waals surface area contributed by atoms with Gasteiger partial charge in [0.15, 0.2) is 0 Å². The maximum absolute atomic E-state index is 12.8. The molecule has 0 saturated heterocycles. The molecule has 34 heavy (non-hydrogen) atoms.